The van der Waals surface area contributed by atoms with Crippen LogP contribution in [0.3, 0.4) is 0 Å². The number of amides is 1. The third-order valence-corrected chi connectivity index (χ3v) is 5.88. The molecule has 2 fully saturated rings. The van der Waals surface area contributed by atoms with Crippen molar-refractivity contribution in [3.05, 3.63) is 65.0 Å². The first-order valence-corrected chi connectivity index (χ1v) is 10.2. The highest BCUT2D eigenvalue weighted by Gasteiger charge is 2.41. The second-order valence-electron chi connectivity index (χ2n) is 8.23. The van der Waals surface area contributed by atoms with E-state index in [0.29, 0.717) is 19.7 Å². The van der Waals surface area contributed by atoms with E-state index in [1.807, 2.05) is 49.2 Å². The molecule has 2 aliphatic rings. The summed E-state index contributed by atoms with van der Waals surface area (Å²) in [6, 6.07) is 12.2. The Morgan fingerprint density at radius 2 is 1.86 bits per heavy atom. The summed E-state index contributed by atoms with van der Waals surface area (Å²) in [6.45, 7) is 8.90. The lowest BCUT2D eigenvalue weighted by Gasteiger charge is -2.47. The predicted molar refractivity (Wildman–Crippen MR) is 109 cm³/mol. The van der Waals surface area contributed by atoms with E-state index in [0.717, 1.165) is 54.9 Å². The van der Waals surface area contributed by atoms with Crippen LogP contribution >= 0.6 is 0 Å². The molecule has 1 aromatic carbocycles. The van der Waals surface area contributed by atoms with Crippen molar-refractivity contribution in [3.8, 4) is 0 Å². The Balaban J connectivity index is 1.39. The van der Waals surface area contributed by atoms with Crippen molar-refractivity contribution >= 4 is 5.91 Å². The number of rotatable bonds is 3. The topological polar surface area (TPSA) is 45.7 Å². The standard InChI is InChI=1S/C23H29N3O2/c1-18-13-19(2)15-20(14-18)22(27)26-11-12-28-23(17-26)6-9-25(10-7-23)16-21-5-3-4-8-24-21/h3-5,8,13-15H,6-7,9-12,16-17H2,1-2H3. The summed E-state index contributed by atoms with van der Waals surface area (Å²) in [7, 11) is 0. The monoisotopic (exact) mass is 379 g/mol. The van der Waals surface area contributed by atoms with Gasteiger partial charge in [0.05, 0.1) is 24.4 Å². The van der Waals surface area contributed by atoms with Crippen molar-refractivity contribution < 1.29 is 9.53 Å². The third-order valence-electron chi connectivity index (χ3n) is 5.88. The Morgan fingerprint density at radius 1 is 1.11 bits per heavy atom. The highest BCUT2D eigenvalue weighted by Crippen LogP contribution is 2.31. The number of carbonyl (C=O) groups excluding carboxylic acids is 1. The molecule has 1 spiro atoms. The lowest BCUT2D eigenvalue weighted by Crippen LogP contribution is -2.57. The summed E-state index contributed by atoms with van der Waals surface area (Å²) in [4.78, 5) is 21.9. The highest BCUT2D eigenvalue weighted by atomic mass is 16.5. The number of pyridine rings is 1. The van der Waals surface area contributed by atoms with E-state index in [2.05, 4.69) is 22.0 Å². The molecule has 28 heavy (non-hydrogen) atoms. The molecular weight excluding hydrogens is 350 g/mol. The van der Waals surface area contributed by atoms with Gasteiger partial charge in [0, 0.05) is 37.9 Å². The Kier molecular flexibility index (Phi) is 5.47. The zero-order valence-corrected chi connectivity index (χ0v) is 16.9. The van der Waals surface area contributed by atoms with Crippen LogP contribution in [0.25, 0.3) is 0 Å². The number of piperidine rings is 1. The smallest absolute Gasteiger partial charge is 0.254 e. The van der Waals surface area contributed by atoms with Crippen LogP contribution in [-0.2, 0) is 11.3 Å². The van der Waals surface area contributed by atoms with E-state index < -0.39 is 0 Å². The van der Waals surface area contributed by atoms with Gasteiger partial charge < -0.3 is 9.64 Å². The first-order chi connectivity index (χ1) is 13.5. The van der Waals surface area contributed by atoms with Crippen molar-refractivity contribution in [1.82, 2.24) is 14.8 Å². The predicted octanol–water partition coefficient (Wildman–Crippen LogP) is 3.21. The van der Waals surface area contributed by atoms with Crippen LogP contribution in [0.1, 0.15) is 40.0 Å². The van der Waals surface area contributed by atoms with Gasteiger partial charge in [-0.2, -0.15) is 0 Å². The first kappa shape index (κ1) is 19.1. The number of hydrogen-bond acceptors (Lipinski definition) is 4. The maximum Gasteiger partial charge on any atom is 0.254 e. The van der Waals surface area contributed by atoms with Crippen LogP contribution in [-0.4, -0.2) is 59.1 Å². The number of nitrogens with zero attached hydrogens (tertiary/aromatic N) is 3. The van der Waals surface area contributed by atoms with Gasteiger partial charge >= 0.3 is 0 Å². The van der Waals surface area contributed by atoms with Crippen molar-refractivity contribution in [2.75, 3.05) is 32.8 Å². The molecule has 5 heteroatoms. The lowest BCUT2D eigenvalue weighted by molar-refractivity contribution is -0.128. The first-order valence-electron chi connectivity index (χ1n) is 10.2. The number of likely N-dealkylation sites (tertiary alicyclic amines) is 1. The second kappa shape index (κ2) is 8.02. The summed E-state index contributed by atoms with van der Waals surface area (Å²) in [5.41, 5.74) is 3.97. The number of aryl methyl sites for hydroxylation is 2. The Morgan fingerprint density at radius 3 is 2.54 bits per heavy atom. The minimum absolute atomic E-state index is 0.130. The zero-order chi connectivity index (χ0) is 19.6. The van der Waals surface area contributed by atoms with Crippen LogP contribution in [0.5, 0.6) is 0 Å². The highest BCUT2D eigenvalue weighted by molar-refractivity contribution is 5.94. The minimum Gasteiger partial charge on any atom is -0.371 e. The fourth-order valence-electron chi connectivity index (χ4n) is 4.44. The number of carbonyl (C=O) groups is 1. The third kappa shape index (κ3) is 4.26. The van der Waals surface area contributed by atoms with Crippen LogP contribution in [0, 0.1) is 13.8 Å². The van der Waals surface area contributed by atoms with Crippen LogP contribution < -0.4 is 0 Å². The molecule has 2 aromatic rings. The maximum absolute atomic E-state index is 13.1. The van der Waals surface area contributed by atoms with Crippen molar-refractivity contribution in [3.63, 3.8) is 0 Å². The van der Waals surface area contributed by atoms with Gasteiger partial charge in [-0.1, -0.05) is 23.3 Å². The Bertz CT molecular complexity index is 809. The Hall–Kier alpha value is -2.24. The van der Waals surface area contributed by atoms with E-state index in [9.17, 15) is 4.79 Å². The van der Waals surface area contributed by atoms with E-state index >= 15 is 0 Å². The molecule has 0 radical (unpaired) electrons. The van der Waals surface area contributed by atoms with Gasteiger partial charge in [-0.05, 0) is 51.0 Å². The molecule has 5 nitrogen and oxygen atoms in total. The Labute approximate surface area is 167 Å². The molecule has 0 saturated carbocycles. The largest absolute Gasteiger partial charge is 0.371 e. The molecule has 0 aliphatic carbocycles. The average molecular weight is 380 g/mol. The molecular formula is C23H29N3O2. The lowest BCUT2D eigenvalue weighted by atomic mass is 9.89. The van der Waals surface area contributed by atoms with Gasteiger partial charge in [0.25, 0.3) is 5.91 Å². The molecule has 1 amide bonds. The summed E-state index contributed by atoms with van der Waals surface area (Å²) >= 11 is 0. The fourth-order valence-corrected chi connectivity index (χ4v) is 4.44. The summed E-state index contributed by atoms with van der Waals surface area (Å²) in [5, 5.41) is 0. The minimum atomic E-state index is -0.201. The number of ether oxygens (including phenoxy) is 1. The fraction of sp³-hybridized carbons (Fsp3) is 0.478. The number of hydrogen-bond donors (Lipinski definition) is 0. The summed E-state index contributed by atoms with van der Waals surface area (Å²) in [6.07, 6.45) is 3.76. The van der Waals surface area contributed by atoms with Crippen molar-refractivity contribution in [1.29, 1.82) is 0 Å². The second-order valence-corrected chi connectivity index (χ2v) is 8.23. The van der Waals surface area contributed by atoms with Crippen LogP contribution in [0.4, 0.5) is 0 Å². The molecule has 2 aliphatic heterocycles. The summed E-state index contributed by atoms with van der Waals surface area (Å²) < 4.78 is 6.23. The van der Waals surface area contributed by atoms with E-state index in [1.54, 1.807) is 0 Å². The van der Waals surface area contributed by atoms with Gasteiger partial charge in [0.2, 0.25) is 0 Å². The number of aromatic nitrogens is 1. The molecule has 3 heterocycles. The van der Waals surface area contributed by atoms with Gasteiger partial charge in [-0.3, -0.25) is 14.7 Å². The SMILES string of the molecule is Cc1cc(C)cc(C(=O)N2CCOC3(CCN(Cc4ccccn4)CC3)C2)c1. The molecule has 0 atom stereocenters. The van der Waals surface area contributed by atoms with E-state index in [1.165, 1.54) is 0 Å². The molecule has 1 aromatic heterocycles. The molecule has 2 saturated heterocycles. The molecule has 148 valence electrons. The number of morpholine rings is 1. The molecule has 0 bridgehead atoms. The van der Waals surface area contributed by atoms with Crippen molar-refractivity contribution in [2.24, 2.45) is 0 Å². The molecule has 0 N–H and O–H groups in total. The average Bonchev–Trinajstić information content (AvgIpc) is 2.70. The van der Waals surface area contributed by atoms with Gasteiger partial charge in [-0.25, -0.2) is 0 Å². The maximum atomic E-state index is 13.1. The quantitative estimate of drug-likeness (QED) is 0.822. The van der Waals surface area contributed by atoms with Crippen LogP contribution in [0.15, 0.2) is 42.6 Å². The molecule has 0 unspecified atom stereocenters. The summed E-state index contributed by atoms with van der Waals surface area (Å²) in [5.74, 6) is 0.130. The van der Waals surface area contributed by atoms with Gasteiger partial charge in [0.15, 0.2) is 0 Å². The number of benzene rings is 1. The zero-order valence-electron chi connectivity index (χ0n) is 16.9. The van der Waals surface area contributed by atoms with E-state index in [-0.39, 0.29) is 11.5 Å². The van der Waals surface area contributed by atoms with Gasteiger partial charge in [-0.15, -0.1) is 0 Å². The van der Waals surface area contributed by atoms with Crippen molar-refractivity contribution in [2.45, 2.75) is 38.8 Å². The van der Waals surface area contributed by atoms with Crippen LogP contribution in [0.2, 0.25) is 0 Å². The normalized spacial score (nSPS) is 19.7. The van der Waals surface area contributed by atoms with Gasteiger partial charge in [0.1, 0.15) is 0 Å². The van der Waals surface area contributed by atoms with E-state index in [4.69, 9.17) is 4.74 Å². The molecule has 4 rings (SSSR count).